The normalized spacial score (nSPS) is 16.4. The number of halogens is 2. The number of hydrogen-bond acceptors (Lipinski definition) is 6. The first-order valence-electron chi connectivity index (χ1n) is 13.6. The number of aromatic nitrogens is 4. The van der Waals surface area contributed by atoms with Gasteiger partial charge < -0.3 is 14.5 Å². The Morgan fingerprint density at radius 1 is 1.02 bits per heavy atom. The molecule has 8 nitrogen and oxygen atoms in total. The van der Waals surface area contributed by atoms with Crippen LogP contribution in [-0.4, -0.2) is 48.1 Å². The standard InChI is InChI=1S/C30H32Cl2N6O2S/c1-20(28(39)33-26-12-6-7-15-37(26)19-22-13-14-24(31)25(32)17-22)41-30-35-34-27(36(30)2)23-11-8-16-38(29(23)40)18-21-9-4-3-5-10-21/h3-5,8-11,13-14,16-17,20,26H,6-7,12,15,18-19H2,1-2H3,(H,33,39). The number of piperidine rings is 1. The van der Waals surface area contributed by atoms with E-state index in [1.54, 1.807) is 27.5 Å². The Morgan fingerprint density at radius 3 is 2.61 bits per heavy atom. The summed E-state index contributed by atoms with van der Waals surface area (Å²) in [7, 11) is 1.82. The van der Waals surface area contributed by atoms with E-state index in [9.17, 15) is 9.59 Å². The summed E-state index contributed by atoms with van der Waals surface area (Å²) in [6.45, 7) is 3.89. The largest absolute Gasteiger partial charge is 0.340 e. The van der Waals surface area contributed by atoms with Gasteiger partial charge in [0, 0.05) is 26.3 Å². The highest BCUT2D eigenvalue weighted by molar-refractivity contribution is 8.00. The Labute approximate surface area is 253 Å². The summed E-state index contributed by atoms with van der Waals surface area (Å²) in [5, 5.41) is 13.1. The Morgan fingerprint density at radius 2 is 1.83 bits per heavy atom. The van der Waals surface area contributed by atoms with Gasteiger partial charge in [0.05, 0.1) is 33.6 Å². The van der Waals surface area contributed by atoms with Gasteiger partial charge in [-0.1, -0.05) is 71.4 Å². The molecule has 1 saturated heterocycles. The van der Waals surface area contributed by atoms with Crippen molar-refractivity contribution in [1.29, 1.82) is 0 Å². The number of rotatable bonds is 9. The third kappa shape index (κ3) is 7.04. The molecule has 2 aromatic carbocycles. The van der Waals surface area contributed by atoms with Crippen molar-refractivity contribution in [3.05, 3.63) is 98.4 Å². The van der Waals surface area contributed by atoms with Crippen molar-refractivity contribution in [3.8, 4) is 11.4 Å². The molecule has 214 valence electrons. The molecular formula is C30H32Cl2N6O2S. The Kier molecular flexibility index (Phi) is 9.49. The molecule has 5 rings (SSSR count). The van der Waals surface area contributed by atoms with Crippen molar-refractivity contribution in [2.45, 2.75) is 55.8 Å². The fraction of sp³-hybridized carbons (Fsp3) is 0.333. The molecule has 3 heterocycles. The lowest BCUT2D eigenvalue weighted by molar-refractivity contribution is -0.122. The van der Waals surface area contributed by atoms with Gasteiger partial charge in [0.25, 0.3) is 5.56 Å². The molecule has 0 radical (unpaired) electrons. The third-order valence-electron chi connectivity index (χ3n) is 7.24. The number of pyridine rings is 1. The van der Waals surface area contributed by atoms with Crippen molar-refractivity contribution in [2.24, 2.45) is 7.05 Å². The number of thioether (sulfide) groups is 1. The molecule has 1 fully saturated rings. The number of nitrogens with zero attached hydrogens (tertiary/aromatic N) is 5. The van der Waals surface area contributed by atoms with Gasteiger partial charge in [-0.05, 0) is 61.6 Å². The minimum Gasteiger partial charge on any atom is -0.340 e. The average Bonchev–Trinajstić information content (AvgIpc) is 3.32. The minimum absolute atomic E-state index is 0.0730. The van der Waals surface area contributed by atoms with Crippen LogP contribution in [-0.2, 0) is 24.9 Å². The fourth-order valence-electron chi connectivity index (χ4n) is 4.97. The van der Waals surface area contributed by atoms with Gasteiger partial charge >= 0.3 is 0 Å². The molecule has 1 N–H and O–H groups in total. The summed E-state index contributed by atoms with van der Waals surface area (Å²) in [5.74, 6) is 0.392. The molecular weight excluding hydrogens is 579 g/mol. The Bertz CT molecular complexity index is 1570. The van der Waals surface area contributed by atoms with Crippen LogP contribution in [0.2, 0.25) is 10.0 Å². The van der Waals surface area contributed by atoms with Crippen molar-refractivity contribution in [3.63, 3.8) is 0 Å². The molecule has 2 unspecified atom stereocenters. The van der Waals surface area contributed by atoms with Gasteiger partial charge in [-0.2, -0.15) is 0 Å². The first-order chi connectivity index (χ1) is 19.8. The number of likely N-dealkylation sites (tertiary alicyclic amines) is 1. The zero-order valence-corrected chi connectivity index (χ0v) is 25.3. The van der Waals surface area contributed by atoms with E-state index in [-0.39, 0.29) is 17.6 Å². The highest BCUT2D eigenvalue weighted by Crippen LogP contribution is 2.27. The zero-order chi connectivity index (χ0) is 28.9. The third-order valence-corrected chi connectivity index (χ3v) is 9.11. The van der Waals surface area contributed by atoms with Crippen molar-refractivity contribution >= 4 is 40.9 Å². The van der Waals surface area contributed by atoms with Crippen molar-refractivity contribution in [2.75, 3.05) is 6.54 Å². The molecule has 2 atom stereocenters. The van der Waals surface area contributed by atoms with E-state index in [1.165, 1.54) is 11.8 Å². The van der Waals surface area contributed by atoms with Crippen LogP contribution in [0.1, 0.15) is 37.3 Å². The SMILES string of the molecule is CC(Sc1nnc(-c2cccn(Cc3ccccc3)c2=O)n1C)C(=O)NC1CCCCN1Cc1ccc(Cl)c(Cl)c1. The first kappa shape index (κ1) is 29.4. The van der Waals surface area contributed by atoms with E-state index < -0.39 is 5.25 Å². The number of nitrogens with one attached hydrogen (secondary N) is 1. The molecule has 11 heteroatoms. The van der Waals surface area contributed by atoms with Gasteiger partial charge in [0.1, 0.15) is 0 Å². The summed E-state index contributed by atoms with van der Waals surface area (Å²) < 4.78 is 3.44. The van der Waals surface area contributed by atoms with Gasteiger partial charge in [0.15, 0.2) is 11.0 Å². The molecule has 2 aromatic heterocycles. The molecule has 1 aliphatic rings. The van der Waals surface area contributed by atoms with Crippen LogP contribution in [0.25, 0.3) is 11.4 Å². The molecule has 1 amide bonds. The molecule has 4 aromatic rings. The molecule has 0 saturated carbocycles. The van der Waals surface area contributed by atoms with Crippen LogP contribution in [0.5, 0.6) is 0 Å². The predicted octanol–water partition coefficient (Wildman–Crippen LogP) is 5.61. The van der Waals surface area contributed by atoms with E-state index in [2.05, 4.69) is 20.4 Å². The lowest BCUT2D eigenvalue weighted by Gasteiger charge is -2.36. The summed E-state index contributed by atoms with van der Waals surface area (Å²) in [5.41, 5.74) is 2.41. The van der Waals surface area contributed by atoms with Crippen LogP contribution in [0.4, 0.5) is 0 Å². The number of carbonyl (C=O) groups is 1. The maximum absolute atomic E-state index is 13.3. The topological polar surface area (TPSA) is 85.0 Å². The van der Waals surface area contributed by atoms with Crippen molar-refractivity contribution in [1.82, 2.24) is 29.5 Å². The predicted molar refractivity (Wildman–Crippen MR) is 164 cm³/mol. The smallest absolute Gasteiger partial charge is 0.261 e. The maximum atomic E-state index is 13.3. The molecule has 41 heavy (non-hydrogen) atoms. The monoisotopic (exact) mass is 610 g/mol. The van der Waals surface area contributed by atoms with E-state index in [0.717, 1.165) is 36.9 Å². The van der Waals surface area contributed by atoms with Crippen LogP contribution < -0.4 is 10.9 Å². The van der Waals surface area contributed by atoms with Crippen molar-refractivity contribution < 1.29 is 4.79 Å². The van der Waals surface area contributed by atoms with Gasteiger partial charge in [-0.3, -0.25) is 14.5 Å². The molecule has 0 aliphatic carbocycles. The number of amides is 1. The van der Waals surface area contributed by atoms with E-state index in [4.69, 9.17) is 23.2 Å². The lowest BCUT2D eigenvalue weighted by atomic mass is 10.1. The van der Waals surface area contributed by atoms with E-state index in [1.807, 2.05) is 62.5 Å². The van der Waals surface area contributed by atoms with Crippen LogP contribution in [0.3, 0.4) is 0 Å². The summed E-state index contributed by atoms with van der Waals surface area (Å²) in [6.07, 6.45) is 4.70. The average molecular weight is 612 g/mol. The second kappa shape index (κ2) is 13.2. The molecule has 0 spiro atoms. The Hall–Kier alpha value is -3.11. The van der Waals surface area contributed by atoms with E-state index in [0.29, 0.717) is 39.7 Å². The summed E-state index contributed by atoms with van der Waals surface area (Å²) in [6, 6.07) is 19.1. The van der Waals surface area contributed by atoms with Crippen LogP contribution in [0.15, 0.2) is 76.8 Å². The lowest BCUT2D eigenvalue weighted by Crippen LogP contribution is -2.51. The van der Waals surface area contributed by atoms with Crippen LogP contribution >= 0.6 is 35.0 Å². The number of carbonyl (C=O) groups excluding carboxylic acids is 1. The highest BCUT2D eigenvalue weighted by Gasteiger charge is 2.27. The Balaban J connectivity index is 1.25. The quantitative estimate of drug-likeness (QED) is 0.248. The number of benzene rings is 2. The second-order valence-electron chi connectivity index (χ2n) is 10.2. The maximum Gasteiger partial charge on any atom is 0.261 e. The second-order valence-corrected chi connectivity index (χ2v) is 12.3. The van der Waals surface area contributed by atoms with E-state index >= 15 is 0 Å². The highest BCUT2D eigenvalue weighted by atomic mass is 35.5. The first-order valence-corrected chi connectivity index (χ1v) is 15.2. The fourth-order valence-corrected chi connectivity index (χ4v) is 6.12. The van der Waals surface area contributed by atoms with Gasteiger partial charge in [0.2, 0.25) is 5.91 Å². The van der Waals surface area contributed by atoms with Crippen LogP contribution in [0, 0.1) is 0 Å². The van der Waals surface area contributed by atoms with Gasteiger partial charge in [-0.15, -0.1) is 10.2 Å². The summed E-state index contributed by atoms with van der Waals surface area (Å²) >= 11 is 13.6. The number of hydrogen-bond donors (Lipinski definition) is 1. The van der Waals surface area contributed by atoms with Gasteiger partial charge in [-0.25, -0.2) is 0 Å². The summed E-state index contributed by atoms with van der Waals surface area (Å²) in [4.78, 5) is 28.8. The molecule has 1 aliphatic heterocycles. The minimum atomic E-state index is -0.412. The molecule has 0 bridgehead atoms. The zero-order valence-electron chi connectivity index (χ0n) is 23.0.